The van der Waals surface area contributed by atoms with Gasteiger partial charge in [0.1, 0.15) is 17.4 Å². The lowest BCUT2D eigenvalue weighted by Gasteiger charge is -2.09. The monoisotopic (exact) mass is 340 g/mol. The van der Waals surface area contributed by atoms with Crippen molar-refractivity contribution < 1.29 is 13.9 Å². The second-order valence-corrected chi connectivity index (χ2v) is 5.78. The summed E-state index contributed by atoms with van der Waals surface area (Å²) in [5.74, 6) is 0.780. The van der Waals surface area contributed by atoms with E-state index in [4.69, 9.17) is 14.7 Å². The molecule has 6 heteroatoms. The number of nitrogens with zero attached hydrogens (tertiary/aromatic N) is 2. The maximum Gasteiger partial charge on any atom is 0.162 e. The number of thiazole rings is 1. The van der Waals surface area contributed by atoms with Crippen molar-refractivity contribution in [2.45, 2.75) is 6.61 Å². The lowest BCUT2D eigenvalue weighted by molar-refractivity contribution is 0.281. The Balaban J connectivity index is 1.72. The van der Waals surface area contributed by atoms with Crippen LogP contribution in [0.25, 0.3) is 10.6 Å². The van der Waals surface area contributed by atoms with Crippen molar-refractivity contribution in [2.24, 2.45) is 0 Å². The van der Waals surface area contributed by atoms with Gasteiger partial charge in [-0.25, -0.2) is 9.37 Å². The molecule has 0 bridgehead atoms. The molecule has 0 unspecified atom stereocenters. The molecule has 2 aromatic carbocycles. The molecule has 120 valence electrons. The van der Waals surface area contributed by atoms with Crippen LogP contribution in [0.15, 0.2) is 47.8 Å². The molecule has 1 aromatic heterocycles. The average Bonchev–Trinajstić information content (AvgIpc) is 3.09. The molecule has 0 aliphatic heterocycles. The number of aromatic nitrogens is 1. The SMILES string of the molecule is COc1cc(C#N)ccc1OCc1csc(-c2ccc(F)cc2)n1. The minimum atomic E-state index is -0.272. The van der Waals surface area contributed by atoms with Gasteiger partial charge in [-0.15, -0.1) is 11.3 Å². The first-order valence-corrected chi connectivity index (χ1v) is 7.99. The van der Waals surface area contributed by atoms with Gasteiger partial charge in [0.05, 0.1) is 24.4 Å². The van der Waals surface area contributed by atoms with E-state index < -0.39 is 0 Å². The smallest absolute Gasteiger partial charge is 0.162 e. The summed E-state index contributed by atoms with van der Waals surface area (Å²) in [4.78, 5) is 4.49. The van der Waals surface area contributed by atoms with Crippen molar-refractivity contribution in [3.63, 3.8) is 0 Å². The van der Waals surface area contributed by atoms with E-state index in [9.17, 15) is 4.39 Å². The number of benzene rings is 2. The molecule has 0 N–H and O–H groups in total. The standard InChI is InChI=1S/C18H13FN2O2S/c1-22-17-8-12(9-20)2-7-16(17)23-10-15-11-24-18(21-15)13-3-5-14(19)6-4-13/h2-8,11H,10H2,1H3. The molecular weight excluding hydrogens is 327 g/mol. The molecule has 0 aliphatic carbocycles. The Labute approximate surface area is 142 Å². The van der Waals surface area contributed by atoms with E-state index in [1.807, 2.05) is 5.38 Å². The van der Waals surface area contributed by atoms with Gasteiger partial charge in [-0.2, -0.15) is 5.26 Å². The summed E-state index contributed by atoms with van der Waals surface area (Å²) in [5, 5.41) is 11.6. The third-order valence-electron chi connectivity index (χ3n) is 3.31. The molecule has 4 nitrogen and oxygen atoms in total. The molecule has 0 fully saturated rings. The topological polar surface area (TPSA) is 55.1 Å². The van der Waals surface area contributed by atoms with Crippen molar-refractivity contribution in [1.29, 1.82) is 5.26 Å². The fourth-order valence-electron chi connectivity index (χ4n) is 2.11. The zero-order valence-corrected chi connectivity index (χ0v) is 13.6. The Bertz CT molecular complexity index is 885. The zero-order chi connectivity index (χ0) is 16.9. The fraction of sp³-hybridized carbons (Fsp3) is 0.111. The van der Waals surface area contributed by atoms with Crippen LogP contribution in [0.2, 0.25) is 0 Å². The number of methoxy groups -OCH3 is 1. The predicted molar refractivity (Wildman–Crippen MR) is 89.5 cm³/mol. The van der Waals surface area contributed by atoms with Crippen molar-refractivity contribution >= 4 is 11.3 Å². The highest BCUT2D eigenvalue weighted by Crippen LogP contribution is 2.29. The Morgan fingerprint density at radius 3 is 2.67 bits per heavy atom. The van der Waals surface area contributed by atoms with Crippen molar-refractivity contribution in [1.82, 2.24) is 4.98 Å². The molecule has 0 amide bonds. The minimum absolute atomic E-state index is 0.272. The van der Waals surface area contributed by atoms with Crippen LogP contribution in [-0.4, -0.2) is 12.1 Å². The van der Waals surface area contributed by atoms with Gasteiger partial charge in [0, 0.05) is 17.0 Å². The first-order valence-electron chi connectivity index (χ1n) is 7.11. The lowest BCUT2D eigenvalue weighted by Crippen LogP contribution is -1.98. The van der Waals surface area contributed by atoms with Crippen LogP contribution in [-0.2, 0) is 6.61 Å². The van der Waals surface area contributed by atoms with Crippen LogP contribution in [0, 0.1) is 17.1 Å². The third-order valence-corrected chi connectivity index (χ3v) is 4.25. The summed E-state index contributed by atoms with van der Waals surface area (Å²) in [6, 6.07) is 13.3. The summed E-state index contributed by atoms with van der Waals surface area (Å²) in [6.45, 7) is 0.278. The molecular formula is C18H13FN2O2S. The van der Waals surface area contributed by atoms with Gasteiger partial charge in [0.2, 0.25) is 0 Å². The normalized spacial score (nSPS) is 10.2. The summed E-state index contributed by atoms with van der Waals surface area (Å²) in [5.41, 5.74) is 2.14. The molecule has 24 heavy (non-hydrogen) atoms. The van der Waals surface area contributed by atoms with Crippen LogP contribution in [0.4, 0.5) is 4.39 Å². The van der Waals surface area contributed by atoms with Gasteiger partial charge in [0.15, 0.2) is 11.5 Å². The van der Waals surface area contributed by atoms with E-state index in [0.29, 0.717) is 17.1 Å². The number of ether oxygens (including phenoxy) is 2. The predicted octanol–water partition coefficient (Wildman–Crippen LogP) is 4.41. The Morgan fingerprint density at radius 1 is 1.17 bits per heavy atom. The zero-order valence-electron chi connectivity index (χ0n) is 12.8. The van der Waals surface area contributed by atoms with Gasteiger partial charge in [-0.1, -0.05) is 0 Å². The van der Waals surface area contributed by atoms with Crippen molar-refractivity contribution in [3.8, 4) is 28.1 Å². The summed E-state index contributed by atoms with van der Waals surface area (Å²) < 4.78 is 23.9. The van der Waals surface area contributed by atoms with E-state index in [2.05, 4.69) is 11.1 Å². The molecule has 0 aliphatic rings. The molecule has 1 heterocycles. The minimum Gasteiger partial charge on any atom is -0.493 e. The first kappa shape index (κ1) is 16.0. The number of halogens is 1. The number of nitriles is 1. The second kappa shape index (κ2) is 7.11. The van der Waals surface area contributed by atoms with Crippen LogP contribution < -0.4 is 9.47 Å². The number of hydrogen-bond acceptors (Lipinski definition) is 5. The summed E-state index contributed by atoms with van der Waals surface area (Å²) >= 11 is 1.47. The van der Waals surface area contributed by atoms with Crippen LogP contribution in [0.1, 0.15) is 11.3 Å². The number of rotatable bonds is 5. The van der Waals surface area contributed by atoms with Gasteiger partial charge in [-0.3, -0.25) is 0 Å². The maximum absolute atomic E-state index is 13.0. The highest BCUT2D eigenvalue weighted by atomic mass is 32.1. The van der Waals surface area contributed by atoms with Crippen molar-refractivity contribution in [2.75, 3.05) is 7.11 Å². The number of hydrogen-bond donors (Lipinski definition) is 0. The Kier molecular flexibility index (Phi) is 4.73. The van der Waals surface area contributed by atoms with E-state index in [0.717, 1.165) is 16.3 Å². The third kappa shape index (κ3) is 3.53. The second-order valence-electron chi connectivity index (χ2n) is 4.92. The van der Waals surface area contributed by atoms with E-state index in [1.165, 1.54) is 30.6 Å². The van der Waals surface area contributed by atoms with Crippen LogP contribution in [0.5, 0.6) is 11.5 Å². The molecule has 0 saturated carbocycles. The molecule has 3 rings (SSSR count). The highest BCUT2D eigenvalue weighted by Gasteiger charge is 2.09. The van der Waals surface area contributed by atoms with Crippen LogP contribution in [0.3, 0.4) is 0 Å². The van der Waals surface area contributed by atoms with Gasteiger partial charge >= 0.3 is 0 Å². The molecule has 0 saturated heterocycles. The highest BCUT2D eigenvalue weighted by molar-refractivity contribution is 7.13. The van der Waals surface area contributed by atoms with E-state index in [1.54, 1.807) is 30.3 Å². The van der Waals surface area contributed by atoms with E-state index in [-0.39, 0.29) is 12.4 Å². The van der Waals surface area contributed by atoms with Gasteiger partial charge in [-0.05, 0) is 36.4 Å². The Hall–Kier alpha value is -2.91. The average molecular weight is 340 g/mol. The molecule has 0 spiro atoms. The summed E-state index contributed by atoms with van der Waals surface area (Å²) in [6.07, 6.45) is 0. The van der Waals surface area contributed by atoms with E-state index >= 15 is 0 Å². The van der Waals surface area contributed by atoms with Crippen molar-refractivity contribution in [3.05, 3.63) is 64.9 Å². The Morgan fingerprint density at radius 2 is 1.96 bits per heavy atom. The lowest BCUT2D eigenvalue weighted by atomic mass is 10.2. The van der Waals surface area contributed by atoms with Crippen LogP contribution >= 0.6 is 11.3 Å². The van der Waals surface area contributed by atoms with Gasteiger partial charge in [0.25, 0.3) is 0 Å². The molecule has 0 atom stereocenters. The molecule has 3 aromatic rings. The fourth-order valence-corrected chi connectivity index (χ4v) is 2.92. The quantitative estimate of drug-likeness (QED) is 0.690. The molecule has 0 radical (unpaired) electrons. The summed E-state index contributed by atoms with van der Waals surface area (Å²) in [7, 11) is 1.53. The maximum atomic E-state index is 13.0. The first-order chi connectivity index (χ1) is 11.7. The largest absolute Gasteiger partial charge is 0.493 e. The van der Waals surface area contributed by atoms with Gasteiger partial charge < -0.3 is 9.47 Å².